The fourth-order valence-corrected chi connectivity index (χ4v) is 0.991. The molecule has 0 aromatic carbocycles. The second-order valence-electron chi connectivity index (χ2n) is 1.82. The molecule has 0 fully saturated rings. The normalized spacial score (nSPS) is 11.6. The first-order valence-corrected chi connectivity index (χ1v) is 3.62. The number of nitrogens with two attached hydrogens (primary N) is 1. The number of hydrogen-bond donors (Lipinski definition) is 1. The molecule has 0 radical (unpaired) electrons. The number of hydrogen-bond acceptors (Lipinski definition) is 4. The largest absolute Gasteiger partial charge is 0.446 e. The van der Waals surface area contributed by atoms with E-state index < -0.39 is 5.51 Å². The molecule has 2 N–H and O–H groups in total. The molecule has 1 aromatic rings. The van der Waals surface area contributed by atoms with Crippen LogP contribution < -0.4 is 5.73 Å². The predicted octanol–water partition coefficient (Wildman–Crippen LogP) is 1.67. The topological polar surface area (TPSA) is 51.8 Å². The maximum Gasteiger partial charge on any atom is 0.446 e. The van der Waals surface area contributed by atoms with Gasteiger partial charge in [-0.15, -0.1) is 0 Å². The Balaban J connectivity index is 2.71. The summed E-state index contributed by atoms with van der Waals surface area (Å²) >= 11 is -0.271. The minimum Gasteiger partial charge on any atom is -0.368 e. The van der Waals surface area contributed by atoms with Crippen LogP contribution in [-0.4, -0.2) is 15.5 Å². The van der Waals surface area contributed by atoms with Crippen molar-refractivity contribution < 1.29 is 13.2 Å². The molecule has 0 aliphatic carbocycles. The maximum atomic E-state index is 11.7. The Morgan fingerprint density at radius 2 is 1.75 bits per heavy atom. The lowest BCUT2D eigenvalue weighted by Crippen LogP contribution is -2.00. The number of rotatable bonds is 1. The summed E-state index contributed by atoms with van der Waals surface area (Å²) in [7, 11) is 0. The standard InChI is InChI=1S/C5H4F3N3S/c6-5(7,8)12-3-1-10-4(9)11-2-3/h1-2H,(H2,9,10,11). The van der Waals surface area contributed by atoms with Crippen LogP contribution in [0.5, 0.6) is 0 Å². The van der Waals surface area contributed by atoms with Crippen LogP contribution in [0.4, 0.5) is 19.1 Å². The average molecular weight is 195 g/mol. The third-order valence-electron chi connectivity index (χ3n) is 0.882. The molecule has 1 rings (SSSR count). The second-order valence-corrected chi connectivity index (χ2v) is 2.96. The smallest absolute Gasteiger partial charge is 0.368 e. The van der Waals surface area contributed by atoms with Gasteiger partial charge in [-0.05, 0) is 11.8 Å². The molecule has 7 heteroatoms. The van der Waals surface area contributed by atoms with E-state index in [1.54, 1.807) is 0 Å². The summed E-state index contributed by atoms with van der Waals surface area (Å²) in [6.07, 6.45) is 2.06. The molecule has 12 heavy (non-hydrogen) atoms. The van der Waals surface area contributed by atoms with Gasteiger partial charge in [0.05, 0.1) is 4.90 Å². The monoisotopic (exact) mass is 195 g/mol. The van der Waals surface area contributed by atoms with Crippen LogP contribution in [-0.2, 0) is 0 Å². The summed E-state index contributed by atoms with van der Waals surface area (Å²) in [4.78, 5) is 6.75. The number of nitrogen functional groups attached to an aromatic ring is 1. The number of aromatic nitrogens is 2. The van der Waals surface area contributed by atoms with Crippen molar-refractivity contribution in [1.29, 1.82) is 0 Å². The lowest BCUT2D eigenvalue weighted by molar-refractivity contribution is -0.0328. The predicted molar refractivity (Wildman–Crippen MR) is 38.4 cm³/mol. The van der Waals surface area contributed by atoms with Crippen LogP contribution in [0.15, 0.2) is 17.3 Å². The van der Waals surface area contributed by atoms with Gasteiger partial charge in [-0.3, -0.25) is 0 Å². The molecule has 0 aliphatic rings. The van der Waals surface area contributed by atoms with Crippen LogP contribution >= 0.6 is 11.8 Å². The van der Waals surface area contributed by atoms with Gasteiger partial charge < -0.3 is 5.73 Å². The number of halogens is 3. The van der Waals surface area contributed by atoms with Gasteiger partial charge in [0.15, 0.2) is 0 Å². The molecule has 0 saturated carbocycles. The average Bonchev–Trinajstić information content (AvgIpc) is 1.91. The molecule has 1 heterocycles. The van der Waals surface area contributed by atoms with E-state index in [-0.39, 0.29) is 22.6 Å². The molecular weight excluding hydrogens is 191 g/mol. The van der Waals surface area contributed by atoms with E-state index in [2.05, 4.69) is 9.97 Å². The van der Waals surface area contributed by atoms with Gasteiger partial charge in [-0.25, -0.2) is 9.97 Å². The maximum absolute atomic E-state index is 11.7. The summed E-state index contributed by atoms with van der Waals surface area (Å²) in [5.41, 5.74) is 0.772. The number of thioether (sulfide) groups is 1. The lowest BCUT2D eigenvalue weighted by Gasteiger charge is -2.03. The van der Waals surface area contributed by atoms with Crippen LogP contribution in [0.2, 0.25) is 0 Å². The highest BCUT2D eigenvalue weighted by atomic mass is 32.2. The van der Waals surface area contributed by atoms with Crippen molar-refractivity contribution in [1.82, 2.24) is 9.97 Å². The SMILES string of the molecule is Nc1ncc(SC(F)(F)F)cn1. The fourth-order valence-electron chi connectivity index (χ4n) is 0.513. The van der Waals surface area contributed by atoms with Crippen molar-refractivity contribution in [2.24, 2.45) is 0 Å². The highest BCUT2D eigenvalue weighted by molar-refractivity contribution is 8.00. The Morgan fingerprint density at radius 1 is 1.25 bits per heavy atom. The van der Waals surface area contributed by atoms with Crippen molar-refractivity contribution in [3.8, 4) is 0 Å². The Bertz CT molecular complexity index is 258. The first kappa shape index (κ1) is 9.11. The molecule has 0 atom stereocenters. The van der Waals surface area contributed by atoms with Crippen molar-refractivity contribution in [3.05, 3.63) is 12.4 Å². The summed E-state index contributed by atoms with van der Waals surface area (Å²) in [6.45, 7) is 0. The third kappa shape index (κ3) is 2.95. The number of anilines is 1. The van der Waals surface area contributed by atoms with Crippen LogP contribution in [0.25, 0.3) is 0 Å². The quantitative estimate of drug-likeness (QED) is 0.692. The first-order chi connectivity index (χ1) is 5.47. The third-order valence-corrected chi connectivity index (χ3v) is 1.56. The molecule has 0 bridgehead atoms. The first-order valence-electron chi connectivity index (χ1n) is 2.80. The van der Waals surface area contributed by atoms with Crippen molar-refractivity contribution >= 4 is 17.7 Å². The van der Waals surface area contributed by atoms with Crippen molar-refractivity contribution in [2.75, 3.05) is 5.73 Å². The molecule has 1 aromatic heterocycles. The molecule has 0 aliphatic heterocycles. The van der Waals surface area contributed by atoms with E-state index in [9.17, 15) is 13.2 Å². The fraction of sp³-hybridized carbons (Fsp3) is 0.200. The number of nitrogens with zero attached hydrogens (tertiary/aromatic N) is 2. The minimum absolute atomic E-state index is 0.0403. The molecule has 0 saturated heterocycles. The Morgan fingerprint density at radius 3 is 2.17 bits per heavy atom. The zero-order chi connectivity index (χ0) is 9.19. The van der Waals surface area contributed by atoms with Gasteiger partial charge in [-0.1, -0.05) is 0 Å². The van der Waals surface area contributed by atoms with E-state index in [0.29, 0.717) is 0 Å². The van der Waals surface area contributed by atoms with Crippen LogP contribution in [0.1, 0.15) is 0 Å². The molecule has 0 unspecified atom stereocenters. The number of alkyl halides is 3. The highest BCUT2D eigenvalue weighted by Crippen LogP contribution is 2.35. The van der Waals surface area contributed by atoms with E-state index in [1.807, 2.05) is 0 Å². The van der Waals surface area contributed by atoms with Gasteiger partial charge in [0.25, 0.3) is 0 Å². The van der Waals surface area contributed by atoms with E-state index in [4.69, 9.17) is 5.73 Å². The van der Waals surface area contributed by atoms with Gasteiger partial charge in [0.2, 0.25) is 5.95 Å². The second kappa shape index (κ2) is 3.18. The van der Waals surface area contributed by atoms with Gasteiger partial charge in [-0.2, -0.15) is 13.2 Å². The van der Waals surface area contributed by atoms with Crippen LogP contribution in [0, 0.1) is 0 Å². The van der Waals surface area contributed by atoms with Crippen molar-refractivity contribution in [3.63, 3.8) is 0 Å². The Hall–Kier alpha value is -0.980. The highest BCUT2D eigenvalue weighted by Gasteiger charge is 2.29. The summed E-state index contributed by atoms with van der Waals surface area (Å²) < 4.78 is 35.2. The molecular formula is C5H4F3N3S. The molecule has 0 amide bonds. The van der Waals surface area contributed by atoms with E-state index >= 15 is 0 Å². The minimum atomic E-state index is -4.31. The van der Waals surface area contributed by atoms with Crippen molar-refractivity contribution in [2.45, 2.75) is 10.4 Å². The summed E-state index contributed by atoms with van der Waals surface area (Å²) in [5, 5.41) is 0. The zero-order valence-corrected chi connectivity index (χ0v) is 6.49. The summed E-state index contributed by atoms with van der Waals surface area (Å²) in [6, 6.07) is 0. The zero-order valence-electron chi connectivity index (χ0n) is 5.67. The van der Waals surface area contributed by atoms with E-state index in [0.717, 1.165) is 12.4 Å². The van der Waals surface area contributed by atoms with Gasteiger partial charge >= 0.3 is 5.51 Å². The summed E-state index contributed by atoms with van der Waals surface area (Å²) in [5.74, 6) is -0.0403. The molecule has 66 valence electrons. The van der Waals surface area contributed by atoms with Gasteiger partial charge in [0, 0.05) is 12.4 Å². The van der Waals surface area contributed by atoms with Gasteiger partial charge in [0.1, 0.15) is 0 Å². The molecule has 3 nitrogen and oxygen atoms in total. The van der Waals surface area contributed by atoms with Crippen LogP contribution in [0.3, 0.4) is 0 Å². The Labute approximate surface area is 70.2 Å². The Kier molecular flexibility index (Phi) is 2.41. The molecule has 0 spiro atoms. The van der Waals surface area contributed by atoms with E-state index in [1.165, 1.54) is 0 Å². The lowest BCUT2D eigenvalue weighted by atomic mass is 10.7.